The molecule has 0 aliphatic rings. The number of nitro groups is 1. The minimum absolute atomic E-state index is 0.00528. The van der Waals surface area contributed by atoms with Crippen LogP contribution < -0.4 is 5.32 Å². The van der Waals surface area contributed by atoms with Crippen LogP contribution >= 0.6 is 0 Å². The van der Waals surface area contributed by atoms with E-state index >= 15 is 0 Å². The molecular formula is C10H14N2O4S. The van der Waals surface area contributed by atoms with Crippen molar-refractivity contribution in [2.24, 2.45) is 0 Å². The van der Waals surface area contributed by atoms with Gasteiger partial charge in [0.1, 0.15) is 9.84 Å². The molecule has 0 spiro atoms. The zero-order valence-electron chi connectivity index (χ0n) is 9.63. The van der Waals surface area contributed by atoms with E-state index in [2.05, 4.69) is 5.32 Å². The maximum absolute atomic E-state index is 10.9. The molecule has 0 saturated carbocycles. The largest absolute Gasteiger partial charge is 0.384 e. The number of hydrogen-bond donors (Lipinski definition) is 1. The Morgan fingerprint density at radius 3 is 2.59 bits per heavy atom. The highest BCUT2D eigenvalue weighted by molar-refractivity contribution is 7.90. The average Bonchev–Trinajstić information content (AvgIpc) is 2.18. The van der Waals surface area contributed by atoms with Crippen molar-refractivity contribution in [2.75, 3.05) is 23.9 Å². The molecule has 1 aromatic rings. The molecule has 1 aromatic carbocycles. The molecule has 0 bridgehead atoms. The quantitative estimate of drug-likeness (QED) is 0.636. The number of sulfone groups is 1. The summed E-state index contributed by atoms with van der Waals surface area (Å²) < 4.78 is 21.8. The van der Waals surface area contributed by atoms with E-state index in [4.69, 9.17) is 0 Å². The normalized spacial score (nSPS) is 11.2. The zero-order chi connectivity index (χ0) is 13.1. The minimum Gasteiger partial charge on any atom is -0.384 e. The molecular weight excluding hydrogens is 244 g/mol. The molecule has 0 heterocycles. The van der Waals surface area contributed by atoms with Crippen LogP contribution in [0.4, 0.5) is 11.4 Å². The first-order valence-corrected chi connectivity index (χ1v) is 7.02. The molecule has 1 N–H and O–H groups in total. The van der Waals surface area contributed by atoms with Crippen molar-refractivity contribution >= 4 is 21.2 Å². The molecule has 0 unspecified atom stereocenters. The smallest absolute Gasteiger partial charge is 0.274 e. The van der Waals surface area contributed by atoms with Crippen molar-refractivity contribution < 1.29 is 13.3 Å². The molecule has 0 atom stereocenters. The van der Waals surface area contributed by atoms with Crippen LogP contribution in [0.1, 0.15) is 5.56 Å². The number of rotatable bonds is 5. The highest BCUT2D eigenvalue weighted by Crippen LogP contribution is 2.21. The second kappa shape index (κ2) is 5.13. The van der Waals surface area contributed by atoms with Gasteiger partial charge in [-0.3, -0.25) is 10.1 Å². The van der Waals surface area contributed by atoms with E-state index in [1.54, 1.807) is 19.1 Å². The predicted octanol–water partition coefficient (Wildman–Crippen LogP) is 1.36. The fraction of sp³-hybridized carbons (Fsp3) is 0.400. The number of hydrogen-bond acceptors (Lipinski definition) is 5. The molecule has 17 heavy (non-hydrogen) atoms. The Morgan fingerprint density at radius 2 is 2.06 bits per heavy atom. The van der Waals surface area contributed by atoms with Crippen LogP contribution in [0.2, 0.25) is 0 Å². The van der Waals surface area contributed by atoms with Crippen molar-refractivity contribution in [1.82, 2.24) is 0 Å². The van der Waals surface area contributed by atoms with Crippen LogP contribution in [-0.2, 0) is 9.84 Å². The molecule has 0 fully saturated rings. The first-order valence-electron chi connectivity index (χ1n) is 4.96. The van der Waals surface area contributed by atoms with Crippen molar-refractivity contribution in [3.8, 4) is 0 Å². The average molecular weight is 258 g/mol. The van der Waals surface area contributed by atoms with E-state index in [0.717, 1.165) is 6.26 Å². The Balaban J connectivity index is 2.73. The number of nitrogens with one attached hydrogen (secondary N) is 1. The summed E-state index contributed by atoms with van der Waals surface area (Å²) >= 11 is 0. The third kappa shape index (κ3) is 4.39. The van der Waals surface area contributed by atoms with E-state index in [-0.39, 0.29) is 18.0 Å². The number of benzene rings is 1. The molecule has 0 radical (unpaired) electrons. The summed E-state index contributed by atoms with van der Waals surface area (Å²) in [4.78, 5) is 10.2. The van der Waals surface area contributed by atoms with Gasteiger partial charge in [-0.1, -0.05) is 6.07 Å². The lowest BCUT2D eigenvalue weighted by Crippen LogP contribution is -2.14. The molecule has 94 valence electrons. The molecule has 1 rings (SSSR count). The van der Waals surface area contributed by atoms with Gasteiger partial charge in [0, 0.05) is 30.1 Å². The van der Waals surface area contributed by atoms with Crippen molar-refractivity contribution in [3.05, 3.63) is 33.9 Å². The second-order valence-electron chi connectivity index (χ2n) is 3.82. The van der Waals surface area contributed by atoms with Gasteiger partial charge in [-0.2, -0.15) is 0 Å². The molecule has 0 saturated heterocycles. The fourth-order valence-electron chi connectivity index (χ4n) is 1.30. The summed E-state index contributed by atoms with van der Waals surface area (Å²) in [6, 6.07) is 4.71. The number of nitro benzene ring substituents is 1. The lowest BCUT2D eigenvalue weighted by Gasteiger charge is -2.06. The van der Waals surface area contributed by atoms with E-state index in [0.29, 0.717) is 11.3 Å². The van der Waals surface area contributed by atoms with Gasteiger partial charge in [0.25, 0.3) is 5.69 Å². The van der Waals surface area contributed by atoms with Gasteiger partial charge in [0.2, 0.25) is 0 Å². The summed E-state index contributed by atoms with van der Waals surface area (Å²) in [5.74, 6) is -0.00528. The van der Waals surface area contributed by atoms with Gasteiger partial charge in [0.15, 0.2) is 0 Å². The summed E-state index contributed by atoms with van der Waals surface area (Å²) in [6.45, 7) is 1.89. The van der Waals surface area contributed by atoms with Gasteiger partial charge in [0.05, 0.1) is 10.7 Å². The maximum Gasteiger partial charge on any atom is 0.274 e. The Hall–Kier alpha value is -1.63. The third-order valence-corrected chi connectivity index (χ3v) is 3.15. The van der Waals surface area contributed by atoms with Crippen molar-refractivity contribution in [1.29, 1.82) is 0 Å². The number of anilines is 1. The Kier molecular flexibility index (Phi) is 4.06. The molecule has 0 aromatic heterocycles. The molecule has 0 amide bonds. The van der Waals surface area contributed by atoms with Crippen LogP contribution in [0.15, 0.2) is 18.2 Å². The molecule has 7 heteroatoms. The highest BCUT2D eigenvalue weighted by Gasteiger charge is 2.10. The Bertz CT molecular complexity index is 525. The summed E-state index contributed by atoms with van der Waals surface area (Å²) in [5.41, 5.74) is 1.14. The lowest BCUT2D eigenvalue weighted by molar-refractivity contribution is -0.385. The Labute approximate surface area is 99.7 Å². The van der Waals surface area contributed by atoms with Crippen LogP contribution in [0.25, 0.3) is 0 Å². The first-order chi connectivity index (χ1) is 7.79. The van der Waals surface area contributed by atoms with Crippen molar-refractivity contribution in [3.63, 3.8) is 0 Å². The predicted molar refractivity (Wildman–Crippen MR) is 66.0 cm³/mol. The fourth-order valence-corrected chi connectivity index (χ4v) is 1.77. The number of nitrogens with zero attached hydrogens (tertiary/aromatic N) is 1. The minimum atomic E-state index is -3.03. The third-order valence-electron chi connectivity index (χ3n) is 2.21. The standard InChI is InChI=1S/C10H14N2O4S/c1-8-3-4-9(7-10(8)12(13)14)11-5-6-17(2,15)16/h3-4,7,11H,5-6H2,1-2H3. The first kappa shape index (κ1) is 13.4. The number of aryl methyl sites for hydroxylation is 1. The van der Waals surface area contributed by atoms with E-state index in [1.807, 2.05) is 0 Å². The zero-order valence-corrected chi connectivity index (χ0v) is 10.5. The van der Waals surface area contributed by atoms with Gasteiger partial charge in [-0.15, -0.1) is 0 Å². The van der Waals surface area contributed by atoms with E-state index in [9.17, 15) is 18.5 Å². The lowest BCUT2D eigenvalue weighted by atomic mass is 10.2. The summed E-state index contributed by atoms with van der Waals surface area (Å²) in [5, 5.41) is 13.5. The van der Waals surface area contributed by atoms with Gasteiger partial charge in [-0.05, 0) is 13.0 Å². The van der Waals surface area contributed by atoms with E-state index < -0.39 is 14.8 Å². The van der Waals surface area contributed by atoms with Crippen LogP contribution in [0.3, 0.4) is 0 Å². The van der Waals surface area contributed by atoms with Crippen LogP contribution in [0.5, 0.6) is 0 Å². The van der Waals surface area contributed by atoms with Gasteiger partial charge in [-0.25, -0.2) is 8.42 Å². The summed E-state index contributed by atoms with van der Waals surface area (Å²) in [7, 11) is -3.03. The topological polar surface area (TPSA) is 89.3 Å². The Morgan fingerprint density at radius 1 is 1.41 bits per heavy atom. The summed E-state index contributed by atoms with van der Waals surface area (Å²) in [6.07, 6.45) is 1.15. The monoisotopic (exact) mass is 258 g/mol. The van der Waals surface area contributed by atoms with Gasteiger partial charge >= 0.3 is 0 Å². The van der Waals surface area contributed by atoms with Crippen LogP contribution in [0, 0.1) is 17.0 Å². The van der Waals surface area contributed by atoms with Crippen LogP contribution in [-0.4, -0.2) is 31.9 Å². The van der Waals surface area contributed by atoms with Gasteiger partial charge < -0.3 is 5.32 Å². The molecule has 6 nitrogen and oxygen atoms in total. The van der Waals surface area contributed by atoms with E-state index in [1.165, 1.54) is 6.07 Å². The van der Waals surface area contributed by atoms with Crippen molar-refractivity contribution in [2.45, 2.75) is 6.92 Å². The molecule has 0 aliphatic carbocycles. The highest BCUT2D eigenvalue weighted by atomic mass is 32.2. The molecule has 0 aliphatic heterocycles. The maximum atomic E-state index is 10.9. The second-order valence-corrected chi connectivity index (χ2v) is 6.07. The SMILES string of the molecule is Cc1ccc(NCCS(C)(=O)=O)cc1[N+](=O)[O-].